The quantitative estimate of drug-likeness (QED) is 0.444. The normalized spacial score (nSPS) is 12.9. The molecule has 0 unspecified atom stereocenters. The summed E-state index contributed by atoms with van der Waals surface area (Å²) in [6, 6.07) is 22.0. The molecule has 166 valence electrons. The van der Waals surface area contributed by atoms with E-state index in [2.05, 4.69) is 50.1 Å². The molecule has 5 nitrogen and oxygen atoms in total. The van der Waals surface area contributed by atoms with Crippen LogP contribution in [-0.2, 0) is 19.5 Å². The van der Waals surface area contributed by atoms with Gasteiger partial charge in [-0.15, -0.1) is 0 Å². The van der Waals surface area contributed by atoms with Crippen LogP contribution in [0.4, 0.5) is 15.8 Å². The molecule has 1 aliphatic heterocycles. The second kappa shape index (κ2) is 9.28. The molecule has 0 bridgehead atoms. The molecule has 0 aliphatic carbocycles. The van der Waals surface area contributed by atoms with Gasteiger partial charge in [0.2, 0.25) is 0 Å². The van der Waals surface area contributed by atoms with Crippen LogP contribution >= 0.6 is 0 Å². The Morgan fingerprint density at radius 1 is 0.970 bits per heavy atom. The first-order valence-corrected chi connectivity index (χ1v) is 11.1. The zero-order chi connectivity index (χ0) is 22.6. The van der Waals surface area contributed by atoms with E-state index in [1.807, 2.05) is 30.6 Å². The molecule has 2 heterocycles. The number of fused-ring (bicyclic) bond motifs is 1. The Morgan fingerprint density at radius 2 is 1.79 bits per heavy atom. The summed E-state index contributed by atoms with van der Waals surface area (Å²) >= 11 is 0. The van der Waals surface area contributed by atoms with Crippen molar-refractivity contribution in [2.24, 2.45) is 0 Å². The van der Waals surface area contributed by atoms with E-state index >= 15 is 0 Å². The summed E-state index contributed by atoms with van der Waals surface area (Å²) in [5, 5.41) is 3.02. The van der Waals surface area contributed by atoms with Crippen LogP contribution in [0.2, 0.25) is 0 Å². The summed E-state index contributed by atoms with van der Waals surface area (Å²) in [5.74, 6) is 0.413. The highest BCUT2D eigenvalue weighted by molar-refractivity contribution is 6.05. The van der Waals surface area contributed by atoms with Gasteiger partial charge in [-0.05, 0) is 60.4 Å². The molecule has 0 saturated carbocycles. The number of imidazole rings is 1. The van der Waals surface area contributed by atoms with Gasteiger partial charge in [0.1, 0.15) is 11.6 Å². The van der Waals surface area contributed by atoms with Gasteiger partial charge >= 0.3 is 0 Å². The molecule has 0 spiro atoms. The number of carbonyl (C=O) groups is 1. The van der Waals surface area contributed by atoms with Gasteiger partial charge in [-0.25, -0.2) is 9.37 Å². The van der Waals surface area contributed by atoms with Crippen molar-refractivity contribution in [3.8, 4) is 0 Å². The van der Waals surface area contributed by atoms with Crippen LogP contribution in [-0.4, -0.2) is 22.0 Å². The minimum atomic E-state index is -0.357. The topological polar surface area (TPSA) is 50.2 Å². The molecular weight excluding hydrogens is 415 g/mol. The number of hydrogen-bond acceptors (Lipinski definition) is 3. The number of benzene rings is 3. The highest BCUT2D eigenvalue weighted by Crippen LogP contribution is 2.34. The Bertz CT molecular complexity index is 1250. The molecule has 33 heavy (non-hydrogen) atoms. The second-order valence-electron chi connectivity index (χ2n) is 8.25. The third-order valence-corrected chi connectivity index (χ3v) is 6.03. The van der Waals surface area contributed by atoms with Crippen molar-refractivity contribution in [2.75, 3.05) is 16.8 Å². The SMILES string of the molecule is O=C(Nc1cccc2c1CCCN2Cc1nccn1Cc1ccccc1)c1ccc(F)cc1. The van der Waals surface area contributed by atoms with E-state index in [1.165, 1.54) is 29.8 Å². The fourth-order valence-corrected chi connectivity index (χ4v) is 4.36. The van der Waals surface area contributed by atoms with E-state index in [-0.39, 0.29) is 11.7 Å². The van der Waals surface area contributed by atoms with Crippen molar-refractivity contribution in [3.05, 3.63) is 114 Å². The van der Waals surface area contributed by atoms with Crippen LogP contribution in [0.1, 0.15) is 33.7 Å². The van der Waals surface area contributed by atoms with Crippen LogP contribution in [0, 0.1) is 5.82 Å². The summed E-state index contributed by atoms with van der Waals surface area (Å²) in [6.07, 6.45) is 5.76. The van der Waals surface area contributed by atoms with Crippen molar-refractivity contribution in [3.63, 3.8) is 0 Å². The van der Waals surface area contributed by atoms with Crippen LogP contribution in [0.15, 0.2) is 85.2 Å². The number of hydrogen-bond donors (Lipinski definition) is 1. The lowest BCUT2D eigenvalue weighted by atomic mass is 9.99. The first kappa shape index (κ1) is 20.9. The number of nitrogens with zero attached hydrogens (tertiary/aromatic N) is 3. The summed E-state index contributed by atoms with van der Waals surface area (Å²) in [7, 11) is 0. The molecule has 6 heteroatoms. The number of rotatable bonds is 6. The zero-order valence-electron chi connectivity index (χ0n) is 18.2. The van der Waals surface area contributed by atoms with Gasteiger partial charge in [0.15, 0.2) is 0 Å². The maximum atomic E-state index is 13.2. The van der Waals surface area contributed by atoms with Crippen molar-refractivity contribution in [1.82, 2.24) is 9.55 Å². The van der Waals surface area contributed by atoms with Gasteiger partial charge in [-0.1, -0.05) is 36.4 Å². The zero-order valence-corrected chi connectivity index (χ0v) is 18.2. The summed E-state index contributed by atoms with van der Waals surface area (Å²) in [5.41, 5.74) is 4.72. The minimum Gasteiger partial charge on any atom is -0.364 e. The van der Waals surface area contributed by atoms with E-state index < -0.39 is 0 Å². The lowest BCUT2D eigenvalue weighted by Crippen LogP contribution is -2.31. The summed E-state index contributed by atoms with van der Waals surface area (Å²) in [4.78, 5) is 19.7. The lowest BCUT2D eigenvalue weighted by Gasteiger charge is -2.32. The van der Waals surface area contributed by atoms with Crippen molar-refractivity contribution < 1.29 is 9.18 Å². The predicted molar refractivity (Wildman–Crippen MR) is 128 cm³/mol. The van der Waals surface area contributed by atoms with Crippen LogP contribution < -0.4 is 10.2 Å². The summed E-state index contributed by atoms with van der Waals surface area (Å²) in [6.45, 7) is 2.41. The fraction of sp³-hybridized carbons (Fsp3) is 0.185. The molecule has 0 fully saturated rings. The first-order chi connectivity index (χ1) is 16.2. The van der Waals surface area contributed by atoms with Gasteiger partial charge in [0.25, 0.3) is 5.91 Å². The molecule has 5 rings (SSSR count). The molecule has 0 atom stereocenters. The number of anilines is 2. The second-order valence-corrected chi connectivity index (χ2v) is 8.25. The van der Waals surface area contributed by atoms with Gasteiger partial charge in [0, 0.05) is 42.4 Å². The smallest absolute Gasteiger partial charge is 0.255 e. The molecule has 1 amide bonds. The Labute approximate surface area is 192 Å². The van der Waals surface area contributed by atoms with Gasteiger partial charge < -0.3 is 14.8 Å². The molecule has 1 aromatic heterocycles. The maximum absolute atomic E-state index is 13.2. The van der Waals surface area contributed by atoms with Crippen LogP contribution in [0.3, 0.4) is 0 Å². The van der Waals surface area contributed by atoms with E-state index in [0.717, 1.165) is 48.7 Å². The number of nitrogens with one attached hydrogen (secondary N) is 1. The Hall–Kier alpha value is -3.93. The predicted octanol–water partition coefficient (Wildman–Crippen LogP) is 5.28. The van der Waals surface area contributed by atoms with Gasteiger partial charge in [0.05, 0.1) is 6.54 Å². The average Bonchev–Trinajstić information content (AvgIpc) is 3.27. The van der Waals surface area contributed by atoms with Crippen molar-refractivity contribution in [1.29, 1.82) is 0 Å². The molecule has 0 saturated heterocycles. The standard InChI is InChI=1S/C27H25FN4O/c28-22-13-11-21(12-14-22)27(33)30-24-9-4-10-25-23(24)8-5-16-31(25)19-26-29-15-17-32(26)18-20-6-2-1-3-7-20/h1-4,6-7,9-15,17H,5,8,16,18-19H2,(H,30,33). The number of amides is 1. The molecule has 0 radical (unpaired) electrons. The average molecular weight is 441 g/mol. The lowest BCUT2D eigenvalue weighted by molar-refractivity contribution is 0.102. The molecular formula is C27H25FN4O. The largest absolute Gasteiger partial charge is 0.364 e. The molecule has 4 aromatic rings. The Kier molecular flexibility index (Phi) is 5.89. The van der Waals surface area contributed by atoms with E-state index in [1.54, 1.807) is 0 Å². The summed E-state index contributed by atoms with van der Waals surface area (Å²) < 4.78 is 15.4. The van der Waals surface area contributed by atoms with Crippen LogP contribution in [0.25, 0.3) is 0 Å². The van der Waals surface area contributed by atoms with Crippen molar-refractivity contribution >= 4 is 17.3 Å². The molecule has 1 aliphatic rings. The van der Waals surface area contributed by atoms with E-state index in [9.17, 15) is 9.18 Å². The molecule has 1 N–H and O–H groups in total. The highest BCUT2D eigenvalue weighted by Gasteiger charge is 2.22. The van der Waals surface area contributed by atoms with Crippen molar-refractivity contribution in [2.45, 2.75) is 25.9 Å². The number of halogens is 1. The number of carbonyl (C=O) groups excluding carboxylic acids is 1. The van der Waals surface area contributed by atoms with Gasteiger partial charge in [-0.3, -0.25) is 4.79 Å². The fourth-order valence-electron chi connectivity index (χ4n) is 4.36. The highest BCUT2D eigenvalue weighted by atomic mass is 19.1. The van der Waals surface area contributed by atoms with Gasteiger partial charge in [-0.2, -0.15) is 0 Å². The first-order valence-electron chi connectivity index (χ1n) is 11.1. The monoisotopic (exact) mass is 440 g/mol. The maximum Gasteiger partial charge on any atom is 0.255 e. The Morgan fingerprint density at radius 3 is 2.61 bits per heavy atom. The van der Waals surface area contributed by atoms with E-state index in [4.69, 9.17) is 0 Å². The Balaban J connectivity index is 1.36. The number of aromatic nitrogens is 2. The minimum absolute atomic E-state index is 0.237. The third kappa shape index (κ3) is 4.65. The van der Waals surface area contributed by atoms with E-state index in [0.29, 0.717) is 12.1 Å². The molecule has 3 aromatic carbocycles. The van der Waals surface area contributed by atoms with Crippen LogP contribution in [0.5, 0.6) is 0 Å². The third-order valence-electron chi connectivity index (χ3n) is 6.03.